The summed E-state index contributed by atoms with van der Waals surface area (Å²) in [7, 11) is 1.31. The fourth-order valence-corrected chi connectivity index (χ4v) is 2.15. The highest BCUT2D eigenvalue weighted by Gasteiger charge is 2.32. The van der Waals surface area contributed by atoms with E-state index in [1.165, 1.54) is 7.11 Å². The van der Waals surface area contributed by atoms with Crippen molar-refractivity contribution >= 4 is 17.6 Å². The summed E-state index contributed by atoms with van der Waals surface area (Å²) in [5.41, 5.74) is -0.169. The van der Waals surface area contributed by atoms with Crippen molar-refractivity contribution in [3.05, 3.63) is 23.8 Å². The van der Waals surface area contributed by atoms with Crippen molar-refractivity contribution in [2.24, 2.45) is 0 Å². The van der Waals surface area contributed by atoms with Crippen LogP contribution in [0.4, 0.5) is 5.69 Å². The Hall–Kier alpha value is -2.08. The highest BCUT2D eigenvalue weighted by atomic mass is 16.5. The van der Waals surface area contributed by atoms with Gasteiger partial charge in [-0.3, -0.25) is 4.79 Å². The molecule has 0 aliphatic heterocycles. The van der Waals surface area contributed by atoms with Gasteiger partial charge in [-0.25, -0.2) is 4.79 Å². The molecule has 1 unspecified atom stereocenters. The van der Waals surface area contributed by atoms with Crippen LogP contribution in [0.5, 0.6) is 5.75 Å². The van der Waals surface area contributed by atoms with Crippen LogP contribution in [0.15, 0.2) is 18.2 Å². The largest absolute Gasteiger partial charge is 0.490 e. The van der Waals surface area contributed by atoms with Crippen LogP contribution < -0.4 is 10.1 Å². The Kier molecular flexibility index (Phi) is 7.90. The fraction of sp³-hybridized carbons (Fsp3) is 0.579. The lowest BCUT2D eigenvalue weighted by Crippen LogP contribution is -2.42. The number of esters is 1. The third kappa shape index (κ3) is 5.74. The first-order chi connectivity index (χ1) is 11.8. The van der Waals surface area contributed by atoms with Gasteiger partial charge in [0, 0.05) is 12.3 Å². The number of hydrogen-bond acceptors (Lipinski definition) is 5. The minimum absolute atomic E-state index is 0.0883. The summed E-state index contributed by atoms with van der Waals surface area (Å²) in [4.78, 5) is 24.6. The second kappa shape index (κ2) is 9.42. The predicted molar refractivity (Wildman–Crippen MR) is 97.1 cm³/mol. The predicted octanol–water partition coefficient (Wildman–Crippen LogP) is 3.79. The molecule has 0 bridgehead atoms. The summed E-state index contributed by atoms with van der Waals surface area (Å²) in [6.45, 7) is 9.89. The molecule has 0 aliphatic carbocycles. The van der Waals surface area contributed by atoms with Crippen LogP contribution in [0.25, 0.3) is 0 Å². The van der Waals surface area contributed by atoms with E-state index in [1.807, 2.05) is 27.7 Å². The summed E-state index contributed by atoms with van der Waals surface area (Å²) in [6.07, 6.45) is 1.28. The Bertz CT molecular complexity index is 599. The van der Waals surface area contributed by atoms with Crippen LogP contribution in [-0.4, -0.2) is 37.3 Å². The molecule has 25 heavy (non-hydrogen) atoms. The van der Waals surface area contributed by atoms with Crippen molar-refractivity contribution in [3.63, 3.8) is 0 Å². The van der Waals surface area contributed by atoms with Crippen LogP contribution in [-0.2, 0) is 14.3 Å². The highest BCUT2D eigenvalue weighted by Crippen LogP contribution is 2.26. The Morgan fingerprint density at radius 3 is 2.44 bits per heavy atom. The second-order valence-electron chi connectivity index (χ2n) is 6.26. The Morgan fingerprint density at radius 2 is 1.92 bits per heavy atom. The van der Waals surface area contributed by atoms with E-state index in [4.69, 9.17) is 14.2 Å². The van der Waals surface area contributed by atoms with E-state index in [2.05, 4.69) is 5.32 Å². The number of anilines is 1. The molecular weight excluding hydrogens is 322 g/mol. The van der Waals surface area contributed by atoms with Gasteiger partial charge in [0.05, 0.1) is 13.2 Å². The van der Waals surface area contributed by atoms with Gasteiger partial charge < -0.3 is 19.5 Å². The lowest BCUT2D eigenvalue weighted by Gasteiger charge is -2.27. The monoisotopic (exact) mass is 351 g/mol. The van der Waals surface area contributed by atoms with E-state index in [1.54, 1.807) is 25.1 Å². The van der Waals surface area contributed by atoms with Crippen LogP contribution in [0.1, 0.15) is 57.8 Å². The molecule has 0 spiro atoms. The second-order valence-corrected chi connectivity index (χ2v) is 6.26. The first kappa shape index (κ1) is 21.0. The van der Waals surface area contributed by atoms with Gasteiger partial charge >= 0.3 is 5.97 Å². The maximum absolute atomic E-state index is 12.6. The summed E-state index contributed by atoms with van der Waals surface area (Å²) < 4.78 is 16.1. The zero-order valence-corrected chi connectivity index (χ0v) is 16.0. The molecule has 1 rings (SSSR count). The molecular formula is C19H29NO5. The number of carbonyl (C=O) groups excluding carboxylic acids is 2. The zero-order valence-electron chi connectivity index (χ0n) is 16.0. The van der Waals surface area contributed by atoms with Crippen LogP contribution in [0.2, 0.25) is 0 Å². The molecule has 0 saturated carbocycles. The summed E-state index contributed by atoms with van der Waals surface area (Å²) in [5.74, 6) is -0.357. The molecule has 1 atom stereocenters. The van der Waals surface area contributed by atoms with Crippen molar-refractivity contribution in [2.45, 2.75) is 59.2 Å². The van der Waals surface area contributed by atoms with E-state index < -0.39 is 11.6 Å². The van der Waals surface area contributed by atoms with E-state index in [0.29, 0.717) is 24.5 Å². The molecule has 0 fully saturated rings. The first-order valence-electron chi connectivity index (χ1n) is 8.61. The number of hydrogen-bond donors (Lipinski definition) is 1. The SMILES string of the molecule is CCCOC(C)(CC)C(=O)Nc1ccc(OC(C)C)c(C(=O)OC)c1. The van der Waals surface area contributed by atoms with E-state index in [0.717, 1.165) is 6.42 Å². The van der Waals surface area contributed by atoms with Crippen molar-refractivity contribution in [1.29, 1.82) is 0 Å². The molecule has 1 aromatic rings. The molecule has 0 saturated heterocycles. The van der Waals surface area contributed by atoms with Gasteiger partial charge in [0.2, 0.25) is 0 Å². The van der Waals surface area contributed by atoms with Gasteiger partial charge in [-0.1, -0.05) is 13.8 Å². The Morgan fingerprint density at radius 1 is 1.24 bits per heavy atom. The average molecular weight is 351 g/mol. The third-order valence-corrected chi connectivity index (χ3v) is 3.79. The van der Waals surface area contributed by atoms with Crippen molar-refractivity contribution in [1.82, 2.24) is 0 Å². The smallest absolute Gasteiger partial charge is 0.341 e. The topological polar surface area (TPSA) is 73.9 Å². The molecule has 1 amide bonds. The van der Waals surface area contributed by atoms with Crippen LogP contribution in [0.3, 0.4) is 0 Å². The Labute approximate surface area is 149 Å². The quantitative estimate of drug-likeness (QED) is 0.685. The minimum Gasteiger partial charge on any atom is -0.490 e. The first-order valence-corrected chi connectivity index (χ1v) is 8.61. The van der Waals surface area contributed by atoms with Gasteiger partial charge in [-0.05, 0) is 51.8 Å². The van der Waals surface area contributed by atoms with Crippen molar-refractivity contribution in [2.75, 3.05) is 19.0 Å². The van der Waals surface area contributed by atoms with Crippen LogP contribution >= 0.6 is 0 Å². The summed E-state index contributed by atoms with van der Waals surface area (Å²) >= 11 is 0. The molecule has 0 aliphatic rings. The molecule has 0 aromatic heterocycles. The van der Waals surface area contributed by atoms with Crippen molar-refractivity contribution in [3.8, 4) is 5.75 Å². The van der Waals surface area contributed by atoms with Gasteiger partial charge in [0.25, 0.3) is 5.91 Å². The maximum atomic E-state index is 12.6. The summed E-state index contributed by atoms with van der Waals surface area (Å²) in [6, 6.07) is 4.90. The Balaban J connectivity index is 3.05. The maximum Gasteiger partial charge on any atom is 0.341 e. The molecule has 6 nitrogen and oxygen atoms in total. The minimum atomic E-state index is -0.922. The number of carbonyl (C=O) groups is 2. The van der Waals surface area contributed by atoms with Gasteiger partial charge in [-0.2, -0.15) is 0 Å². The highest BCUT2D eigenvalue weighted by molar-refractivity contribution is 5.99. The molecule has 140 valence electrons. The molecule has 0 heterocycles. The van der Waals surface area contributed by atoms with Gasteiger partial charge in [0.1, 0.15) is 16.9 Å². The lowest BCUT2D eigenvalue weighted by molar-refractivity contribution is -0.139. The average Bonchev–Trinajstić information content (AvgIpc) is 2.59. The van der Waals surface area contributed by atoms with Crippen molar-refractivity contribution < 1.29 is 23.8 Å². The zero-order chi connectivity index (χ0) is 19.0. The van der Waals surface area contributed by atoms with Gasteiger partial charge in [-0.15, -0.1) is 0 Å². The number of benzene rings is 1. The van der Waals surface area contributed by atoms with E-state index >= 15 is 0 Å². The number of rotatable bonds is 9. The summed E-state index contributed by atoms with van der Waals surface area (Å²) in [5, 5.41) is 2.81. The number of ether oxygens (including phenoxy) is 3. The van der Waals surface area contributed by atoms with E-state index in [-0.39, 0.29) is 17.6 Å². The molecule has 0 radical (unpaired) electrons. The lowest BCUT2D eigenvalue weighted by atomic mass is 10.0. The number of methoxy groups -OCH3 is 1. The third-order valence-electron chi connectivity index (χ3n) is 3.79. The molecule has 1 aromatic carbocycles. The number of amides is 1. The van der Waals surface area contributed by atoms with E-state index in [9.17, 15) is 9.59 Å². The fourth-order valence-electron chi connectivity index (χ4n) is 2.15. The normalized spacial score (nSPS) is 13.2. The standard InChI is InChI=1S/C19H29NO5/c1-7-11-24-19(5,8-2)18(22)20-14-9-10-16(25-13(3)4)15(12-14)17(21)23-6/h9-10,12-13H,7-8,11H2,1-6H3,(H,20,22). The molecule has 6 heteroatoms. The van der Waals surface area contributed by atoms with Gasteiger partial charge in [0.15, 0.2) is 0 Å². The number of nitrogens with one attached hydrogen (secondary N) is 1. The van der Waals surface area contributed by atoms with Crippen LogP contribution in [0, 0.1) is 0 Å². The molecule has 1 N–H and O–H groups in total.